The number of anilines is 1. The second-order valence-corrected chi connectivity index (χ2v) is 7.94. The minimum atomic E-state index is -3.82. The Balaban J connectivity index is 2.09. The van der Waals surface area contributed by atoms with Gasteiger partial charge in [-0.3, -0.25) is 4.31 Å². The zero-order valence-corrected chi connectivity index (χ0v) is 15.9. The maximum atomic E-state index is 14.1. The van der Waals surface area contributed by atoms with Crippen LogP contribution in [-0.4, -0.2) is 15.5 Å². The van der Waals surface area contributed by atoms with Gasteiger partial charge in [0.1, 0.15) is 0 Å². The predicted molar refractivity (Wildman–Crippen MR) is 104 cm³/mol. The minimum absolute atomic E-state index is 0.00297. The van der Waals surface area contributed by atoms with Crippen LogP contribution in [0.1, 0.15) is 11.1 Å². The molecule has 0 atom stereocenters. The summed E-state index contributed by atoms with van der Waals surface area (Å²) in [6.07, 6.45) is 0. The van der Waals surface area contributed by atoms with Gasteiger partial charge in [-0.1, -0.05) is 42.5 Å². The summed E-state index contributed by atoms with van der Waals surface area (Å²) >= 11 is 0. The van der Waals surface area contributed by atoms with Crippen molar-refractivity contribution in [3.8, 4) is 5.75 Å². The molecule has 0 fully saturated rings. The van der Waals surface area contributed by atoms with E-state index in [0.717, 1.165) is 5.56 Å². The fourth-order valence-electron chi connectivity index (χ4n) is 2.84. The molecule has 0 aliphatic carbocycles. The lowest BCUT2D eigenvalue weighted by Gasteiger charge is -2.26. The van der Waals surface area contributed by atoms with Crippen molar-refractivity contribution in [2.24, 2.45) is 0 Å². The SMILES string of the molecule is COc1ccc(CN(c2ccccc2C)S(=O)(=O)c2ccccc2)cc1F. The molecule has 3 aromatic carbocycles. The molecule has 3 rings (SSSR count). The molecule has 3 aromatic rings. The van der Waals surface area contributed by atoms with Crippen LogP contribution in [0.3, 0.4) is 0 Å². The van der Waals surface area contributed by atoms with Gasteiger partial charge in [-0.2, -0.15) is 0 Å². The summed E-state index contributed by atoms with van der Waals surface area (Å²) in [5, 5.41) is 0. The molecule has 0 bridgehead atoms. The van der Waals surface area contributed by atoms with Crippen LogP contribution >= 0.6 is 0 Å². The number of methoxy groups -OCH3 is 1. The Labute approximate surface area is 158 Å². The molecule has 0 N–H and O–H groups in total. The average molecular weight is 385 g/mol. The fraction of sp³-hybridized carbons (Fsp3) is 0.143. The summed E-state index contributed by atoms with van der Waals surface area (Å²) in [5.41, 5.74) is 1.89. The monoisotopic (exact) mass is 385 g/mol. The maximum Gasteiger partial charge on any atom is 0.264 e. The van der Waals surface area contributed by atoms with E-state index in [2.05, 4.69) is 0 Å². The Morgan fingerprint density at radius 1 is 0.963 bits per heavy atom. The van der Waals surface area contributed by atoms with Crippen LogP contribution in [-0.2, 0) is 16.6 Å². The number of sulfonamides is 1. The van der Waals surface area contributed by atoms with Gasteiger partial charge in [0.05, 0.1) is 24.2 Å². The smallest absolute Gasteiger partial charge is 0.264 e. The third-order valence-corrected chi connectivity index (χ3v) is 6.03. The van der Waals surface area contributed by atoms with Gasteiger partial charge in [0.15, 0.2) is 11.6 Å². The van der Waals surface area contributed by atoms with Gasteiger partial charge in [-0.25, -0.2) is 12.8 Å². The third kappa shape index (κ3) is 3.95. The van der Waals surface area contributed by atoms with Crippen molar-refractivity contribution < 1.29 is 17.5 Å². The third-order valence-electron chi connectivity index (χ3n) is 4.26. The molecule has 27 heavy (non-hydrogen) atoms. The van der Waals surface area contributed by atoms with Crippen LogP contribution in [0, 0.1) is 12.7 Å². The zero-order chi connectivity index (χ0) is 19.4. The van der Waals surface area contributed by atoms with Gasteiger partial charge in [0.2, 0.25) is 0 Å². The summed E-state index contributed by atoms with van der Waals surface area (Å²) in [4.78, 5) is 0.183. The Morgan fingerprint density at radius 3 is 2.26 bits per heavy atom. The molecule has 0 heterocycles. The molecule has 6 heteroatoms. The molecule has 0 saturated heterocycles. The standard InChI is InChI=1S/C21H20FNO3S/c1-16-8-6-7-11-20(16)23(27(24,25)18-9-4-3-5-10-18)15-17-12-13-21(26-2)19(22)14-17/h3-14H,15H2,1-2H3. The van der Waals surface area contributed by atoms with Crippen LogP contribution in [0.15, 0.2) is 77.7 Å². The Bertz CT molecular complexity index is 1040. The first-order valence-corrected chi connectivity index (χ1v) is 9.83. The number of nitrogens with zero attached hydrogens (tertiary/aromatic N) is 1. The summed E-state index contributed by atoms with van der Waals surface area (Å²) in [7, 11) is -2.44. The first kappa shape index (κ1) is 18.9. The molecule has 0 unspecified atom stereocenters. The second-order valence-electron chi connectivity index (χ2n) is 6.08. The first-order chi connectivity index (χ1) is 12.9. The highest BCUT2D eigenvalue weighted by Crippen LogP contribution is 2.29. The van der Waals surface area contributed by atoms with E-state index in [1.54, 1.807) is 48.5 Å². The molecule has 0 aromatic heterocycles. The number of para-hydroxylation sites is 1. The highest BCUT2D eigenvalue weighted by Gasteiger charge is 2.26. The minimum Gasteiger partial charge on any atom is -0.494 e. The largest absolute Gasteiger partial charge is 0.494 e. The van der Waals surface area contributed by atoms with Crippen LogP contribution < -0.4 is 9.04 Å². The molecule has 0 aliphatic rings. The average Bonchev–Trinajstić information content (AvgIpc) is 2.67. The van der Waals surface area contributed by atoms with E-state index in [9.17, 15) is 12.8 Å². The van der Waals surface area contributed by atoms with Crippen LogP contribution in [0.2, 0.25) is 0 Å². The fourth-order valence-corrected chi connectivity index (χ4v) is 4.38. The Kier molecular flexibility index (Phi) is 5.46. The normalized spacial score (nSPS) is 11.2. The highest BCUT2D eigenvalue weighted by molar-refractivity contribution is 7.92. The second kappa shape index (κ2) is 7.80. The van der Waals surface area contributed by atoms with Crippen LogP contribution in [0.4, 0.5) is 10.1 Å². The number of halogens is 1. The maximum absolute atomic E-state index is 14.1. The van der Waals surface area contributed by atoms with Crippen LogP contribution in [0.25, 0.3) is 0 Å². The van der Waals surface area contributed by atoms with Crippen molar-refractivity contribution in [2.75, 3.05) is 11.4 Å². The van der Waals surface area contributed by atoms with E-state index in [0.29, 0.717) is 11.3 Å². The van der Waals surface area contributed by atoms with Gasteiger partial charge in [0.25, 0.3) is 10.0 Å². The van der Waals surface area contributed by atoms with Crippen molar-refractivity contribution in [1.29, 1.82) is 0 Å². The summed E-state index contributed by atoms with van der Waals surface area (Å²) in [5.74, 6) is -0.413. The lowest BCUT2D eigenvalue weighted by molar-refractivity contribution is 0.386. The summed E-state index contributed by atoms with van der Waals surface area (Å²) in [6, 6.07) is 19.9. The van der Waals surface area contributed by atoms with Gasteiger partial charge in [0, 0.05) is 0 Å². The van der Waals surface area contributed by atoms with E-state index < -0.39 is 15.8 Å². The predicted octanol–water partition coefficient (Wildman–Crippen LogP) is 4.54. The zero-order valence-electron chi connectivity index (χ0n) is 15.1. The molecule has 0 spiro atoms. The molecular weight excluding hydrogens is 365 g/mol. The van der Waals surface area contributed by atoms with Crippen molar-refractivity contribution in [3.05, 3.63) is 89.7 Å². The molecule has 4 nitrogen and oxygen atoms in total. The van der Waals surface area contributed by atoms with Gasteiger partial charge >= 0.3 is 0 Å². The van der Waals surface area contributed by atoms with E-state index in [1.807, 2.05) is 19.1 Å². The molecule has 0 radical (unpaired) electrons. The summed E-state index contributed by atoms with van der Waals surface area (Å²) < 4.78 is 47.0. The quantitative estimate of drug-likeness (QED) is 0.626. The van der Waals surface area contributed by atoms with E-state index in [4.69, 9.17) is 4.74 Å². The number of benzene rings is 3. The number of rotatable bonds is 6. The highest BCUT2D eigenvalue weighted by atomic mass is 32.2. The van der Waals surface area contributed by atoms with E-state index in [1.165, 1.54) is 23.5 Å². The number of aryl methyl sites for hydroxylation is 1. The molecular formula is C21H20FNO3S. The van der Waals surface area contributed by atoms with Gasteiger partial charge < -0.3 is 4.74 Å². The number of hydrogen-bond donors (Lipinski definition) is 0. The summed E-state index contributed by atoms with van der Waals surface area (Å²) in [6.45, 7) is 1.85. The van der Waals surface area contributed by atoms with E-state index in [-0.39, 0.29) is 17.2 Å². The van der Waals surface area contributed by atoms with Gasteiger partial charge in [-0.05, 0) is 48.4 Å². The molecule has 140 valence electrons. The Hall–Kier alpha value is -2.86. The van der Waals surface area contributed by atoms with E-state index >= 15 is 0 Å². The van der Waals surface area contributed by atoms with Crippen molar-refractivity contribution >= 4 is 15.7 Å². The van der Waals surface area contributed by atoms with Crippen molar-refractivity contribution in [1.82, 2.24) is 0 Å². The molecule has 0 aliphatic heterocycles. The topological polar surface area (TPSA) is 46.6 Å². The van der Waals surface area contributed by atoms with Crippen molar-refractivity contribution in [3.63, 3.8) is 0 Å². The first-order valence-electron chi connectivity index (χ1n) is 8.39. The lowest BCUT2D eigenvalue weighted by Crippen LogP contribution is -2.31. The van der Waals surface area contributed by atoms with Crippen molar-refractivity contribution in [2.45, 2.75) is 18.4 Å². The number of hydrogen-bond acceptors (Lipinski definition) is 3. The van der Waals surface area contributed by atoms with Gasteiger partial charge in [-0.15, -0.1) is 0 Å². The molecule has 0 saturated carbocycles. The lowest BCUT2D eigenvalue weighted by atomic mass is 10.1. The number of ether oxygens (including phenoxy) is 1. The van der Waals surface area contributed by atoms with Crippen LogP contribution in [0.5, 0.6) is 5.75 Å². The Morgan fingerprint density at radius 2 is 1.63 bits per heavy atom. The molecule has 0 amide bonds.